The van der Waals surface area contributed by atoms with Crippen LogP contribution in [0.5, 0.6) is 0 Å². The van der Waals surface area contributed by atoms with Crippen molar-refractivity contribution in [2.75, 3.05) is 13.6 Å². The molecule has 118 valence electrons. The molecule has 1 fully saturated rings. The van der Waals surface area contributed by atoms with Crippen LogP contribution < -0.4 is 0 Å². The maximum absolute atomic E-state index is 6.00. The number of hydrogen-bond donors (Lipinski definition) is 0. The summed E-state index contributed by atoms with van der Waals surface area (Å²) < 4.78 is 12.0. The van der Waals surface area contributed by atoms with Crippen LogP contribution in [0.25, 0.3) is 6.08 Å². The first-order chi connectivity index (χ1) is 10.3. The fraction of sp³-hybridized carbons (Fsp3) is 0.556. The molecule has 4 heteroatoms. The predicted molar refractivity (Wildman–Crippen MR) is 91.6 cm³/mol. The van der Waals surface area contributed by atoms with Crippen LogP contribution in [0.1, 0.15) is 44.4 Å². The molecule has 1 saturated heterocycles. The van der Waals surface area contributed by atoms with Crippen molar-refractivity contribution in [3.8, 4) is 0 Å². The second-order valence-electron chi connectivity index (χ2n) is 7.50. The van der Waals surface area contributed by atoms with E-state index in [2.05, 4.69) is 63.9 Å². The minimum absolute atomic E-state index is 0.274. The van der Waals surface area contributed by atoms with Crippen molar-refractivity contribution < 1.29 is 9.31 Å². The van der Waals surface area contributed by atoms with Crippen molar-refractivity contribution in [2.45, 2.75) is 51.9 Å². The van der Waals surface area contributed by atoms with Gasteiger partial charge in [-0.25, -0.2) is 0 Å². The third-order valence-electron chi connectivity index (χ3n) is 5.15. The average molecular weight is 299 g/mol. The largest absolute Gasteiger partial charge is 0.487 e. The molecule has 3 nitrogen and oxygen atoms in total. The van der Waals surface area contributed by atoms with E-state index in [-0.39, 0.29) is 18.3 Å². The highest BCUT2D eigenvalue weighted by atomic mass is 16.7. The first-order valence-corrected chi connectivity index (χ1v) is 8.11. The highest BCUT2D eigenvalue weighted by Crippen LogP contribution is 2.37. The third kappa shape index (κ3) is 3.01. The van der Waals surface area contributed by atoms with E-state index in [1.807, 2.05) is 5.98 Å². The molecule has 22 heavy (non-hydrogen) atoms. The number of fused-ring (bicyclic) bond motifs is 1. The number of benzene rings is 1. The predicted octanol–water partition coefficient (Wildman–Crippen LogP) is 3.32. The van der Waals surface area contributed by atoms with Gasteiger partial charge in [-0.2, -0.15) is 0 Å². The van der Waals surface area contributed by atoms with Crippen molar-refractivity contribution in [3.63, 3.8) is 0 Å². The Morgan fingerprint density at radius 1 is 1.09 bits per heavy atom. The molecule has 0 bridgehead atoms. The topological polar surface area (TPSA) is 21.7 Å². The average Bonchev–Trinajstić information content (AvgIpc) is 2.64. The van der Waals surface area contributed by atoms with Crippen molar-refractivity contribution in [2.24, 2.45) is 0 Å². The molecule has 0 atom stereocenters. The first kappa shape index (κ1) is 15.8. The lowest BCUT2D eigenvalue weighted by Crippen LogP contribution is -2.41. The summed E-state index contributed by atoms with van der Waals surface area (Å²) in [5, 5.41) is 0. The zero-order valence-corrected chi connectivity index (χ0v) is 14.3. The summed E-state index contributed by atoms with van der Waals surface area (Å²) in [6, 6.07) is 6.73. The van der Waals surface area contributed by atoms with Crippen LogP contribution in [-0.2, 0) is 22.3 Å². The van der Waals surface area contributed by atoms with Crippen LogP contribution in [-0.4, -0.2) is 36.8 Å². The first-order valence-electron chi connectivity index (χ1n) is 8.11. The van der Waals surface area contributed by atoms with Gasteiger partial charge in [0.05, 0.1) is 11.2 Å². The Bertz CT molecular complexity index is 579. The van der Waals surface area contributed by atoms with Gasteiger partial charge in [-0.1, -0.05) is 30.3 Å². The van der Waals surface area contributed by atoms with Crippen molar-refractivity contribution in [3.05, 3.63) is 40.9 Å². The van der Waals surface area contributed by atoms with Crippen LogP contribution in [0.3, 0.4) is 0 Å². The van der Waals surface area contributed by atoms with Crippen LogP contribution in [0.15, 0.2) is 24.2 Å². The molecule has 0 N–H and O–H groups in total. The highest BCUT2D eigenvalue weighted by Gasteiger charge is 2.49. The number of likely N-dealkylation sites (N-methyl/N-ethyl adjacent to an activating group) is 1. The Labute approximate surface area is 134 Å². The quantitative estimate of drug-likeness (QED) is 0.782. The van der Waals surface area contributed by atoms with E-state index in [1.165, 1.54) is 16.7 Å². The molecule has 0 aromatic heterocycles. The van der Waals surface area contributed by atoms with Gasteiger partial charge in [-0.3, -0.25) is 0 Å². The molecule has 0 spiro atoms. The van der Waals surface area contributed by atoms with Gasteiger partial charge in [0.1, 0.15) is 0 Å². The number of rotatable bonds is 2. The summed E-state index contributed by atoms with van der Waals surface area (Å²) in [6.45, 7) is 10.5. The zero-order valence-electron chi connectivity index (χ0n) is 14.3. The van der Waals surface area contributed by atoms with Crippen LogP contribution in [0.2, 0.25) is 0 Å². The van der Waals surface area contributed by atoms with Gasteiger partial charge in [-0.05, 0) is 57.9 Å². The third-order valence-corrected chi connectivity index (χ3v) is 5.15. The van der Waals surface area contributed by atoms with E-state index in [4.69, 9.17) is 9.31 Å². The molecule has 2 aliphatic rings. The fourth-order valence-corrected chi connectivity index (χ4v) is 2.98. The Morgan fingerprint density at radius 2 is 1.77 bits per heavy atom. The Balaban J connectivity index is 1.73. The standard InChI is InChI=1S/C18H26BNO2/c1-17(2)18(3,4)22-19(21-17)10-8-14-6-7-15-9-11-20(5)13-16(15)12-14/h6-8,10,12H,9,11,13H2,1-5H3/b10-8+. The minimum Gasteiger partial charge on any atom is -0.400 e. The van der Waals surface area contributed by atoms with Crippen LogP contribution >= 0.6 is 0 Å². The molecule has 1 aromatic rings. The van der Waals surface area contributed by atoms with Crippen molar-refractivity contribution >= 4 is 13.2 Å². The number of nitrogens with zero attached hydrogens (tertiary/aromatic N) is 1. The second kappa shape index (κ2) is 5.52. The van der Waals surface area contributed by atoms with E-state index in [0.29, 0.717) is 0 Å². The fourth-order valence-electron chi connectivity index (χ4n) is 2.98. The molecular formula is C18H26BNO2. The summed E-state index contributed by atoms with van der Waals surface area (Å²) in [5.74, 6) is 2.02. The molecule has 2 heterocycles. The van der Waals surface area contributed by atoms with E-state index < -0.39 is 0 Å². The highest BCUT2D eigenvalue weighted by molar-refractivity contribution is 6.52. The Morgan fingerprint density at radius 3 is 2.45 bits per heavy atom. The lowest BCUT2D eigenvalue weighted by Gasteiger charge is -2.32. The second-order valence-corrected chi connectivity index (χ2v) is 7.50. The summed E-state index contributed by atoms with van der Waals surface area (Å²) in [7, 11) is 1.90. The van der Waals surface area contributed by atoms with Crippen LogP contribution in [0, 0.1) is 0 Å². The summed E-state index contributed by atoms with van der Waals surface area (Å²) in [5.41, 5.74) is 3.57. The molecule has 0 amide bonds. The summed E-state index contributed by atoms with van der Waals surface area (Å²) in [6.07, 6.45) is 3.25. The SMILES string of the molecule is CN1CCc2ccc(/C=C/B3OC(C)(C)C(C)(C)O3)cc2C1. The number of hydrogen-bond acceptors (Lipinski definition) is 3. The smallest absolute Gasteiger partial charge is 0.400 e. The Kier molecular flexibility index (Phi) is 3.96. The van der Waals surface area contributed by atoms with E-state index in [9.17, 15) is 0 Å². The van der Waals surface area contributed by atoms with Crippen molar-refractivity contribution in [1.29, 1.82) is 0 Å². The van der Waals surface area contributed by atoms with Crippen LogP contribution in [0.4, 0.5) is 0 Å². The lowest BCUT2D eigenvalue weighted by molar-refractivity contribution is 0.00578. The molecule has 2 aliphatic heterocycles. The van der Waals surface area contributed by atoms with Gasteiger partial charge in [0, 0.05) is 13.1 Å². The maximum Gasteiger partial charge on any atom is 0.487 e. The monoisotopic (exact) mass is 299 g/mol. The van der Waals surface area contributed by atoms with Gasteiger partial charge < -0.3 is 14.2 Å². The van der Waals surface area contributed by atoms with Gasteiger partial charge in [0.2, 0.25) is 0 Å². The van der Waals surface area contributed by atoms with E-state index in [1.54, 1.807) is 0 Å². The molecule has 0 saturated carbocycles. The normalized spacial score (nSPS) is 24.0. The molecule has 0 aliphatic carbocycles. The molecule has 0 radical (unpaired) electrons. The van der Waals surface area contributed by atoms with Gasteiger partial charge in [-0.15, -0.1) is 0 Å². The minimum atomic E-state index is -0.277. The van der Waals surface area contributed by atoms with E-state index in [0.717, 1.165) is 19.5 Å². The van der Waals surface area contributed by atoms with Gasteiger partial charge in [0.15, 0.2) is 0 Å². The van der Waals surface area contributed by atoms with E-state index >= 15 is 0 Å². The summed E-state index contributed by atoms with van der Waals surface area (Å²) in [4.78, 5) is 2.37. The zero-order chi connectivity index (χ0) is 16.0. The molecular weight excluding hydrogens is 273 g/mol. The van der Waals surface area contributed by atoms with Gasteiger partial charge >= 0.3 is 7.12 Å². The van der Waals surface area contributed by atoms with Crippen molar-refractivity contribution in [1.82, 2.24) is 4.90 Å². The molecule has 0 unspecified atom stereocenters. The van der Waals surface area contributed by atoms with Gasteiger partial charge in [0.25, 0.3) is 0 Å². The maximum atomic E-state index is 6.00. The molecule has 1 aromatic carbocycles. The Hall–Kier alpha value is -1.10. The molecule has 3 rings (SSSR count). The lowest BCUT2D eigenvalue weighted by atomic mass is 9.88. The summed E-state index contributed by atoms with van der Waals surface area (Å²) >= 11 is 0.